The van der Waals surface area contributed by atoms with Crippen molar-refractivity contribution in [2.45, 2.75) is 26.4 Å². The number of nitrogens with one attached hydrogen (secondary N) is 1. The number of ether oxygens (including phenoxy) is 3. The quantitative estimate of drug-likeness (QED) is 0.309. The molecule has 1 N–H and O–H groups in total. The van der Waals surface area contributed by atoms with Crippen LogP contribution in [0.4, 0.5) is 9.18 Å². The molecule has 0 radical (unpaired) electrons. The van der Waals surface area contributed by atoms with Crippen LogP contribution >= 0.6 is 11.3 Å². The minimum atomic E-state index is -0.594. The molecule has 0 aliphatic carbocycles. The SMILES string of the molecule is COc1cnc2c(-c3nc4cc(F)c5c(c4s3)C[C@@H](CNC(=O)Oc3ccc(C)cc3)O5)cc(C)cc2n1. The molecule has 0 spiro atoms. The molecule has 0 saturated heterocycles. The predicted octanol–water partition coefficient (Wildman–Crippen LogP) is 5.76. The number of carbonyl (C=O) groups is 1. The highest BCUT2D eigenvalue weighted by Crippen LogP contribution is 2.43. The average molecular weight is 531 g/mol. The number of benzene rings is 3. The van der Waals surface area contributed by atoms with Crippen molar-refractivity contribution in [2.75, 3.05) is 13.7 Å². The first-order valence-electron chi connectivity index (χ1n) is 12.0. The molecule has 38 heavy (non-hydrogen) atoms. The molecule has 2 aromatic heterocycles. The summed E-state index contributed by atoms with van der Waals surface area (Å²) in [6.07, 6.45) is 0.977. The Balaban J connectivity index is 1.25. The minimum Gasteiger partial charge on any atom is -0.485 e. The zero-order chi connectivity index (χ0) is 26.4. The van der Waals surface area contributed by atoms with E-state index in [4.69, 9.17) is 19.2 Å². The second kappa shape index (κ2) is 9.53. The van der Waals surface area contributed by atoms with Gasteiger partial charge < -0.3 is 19.5 Å². The van der Waals surface area contributed by atoms with Crippen molar-refractivity contribution < 1.29 is 23.4 Å². The Labute approximate surface area is 221 Å². The van der Waals surface area contributed by atoms with Gasteiger partial charge in [0.2, 0.25) is 5.88 Å². The van der Waals surface area contributed by atoms with Gasteiger partial charge in [0.05, 0.1) is 41.1 Å². The van der Waals surface area contributed by atoms with E-state index in [2.05, 4.69) is 15.3 Å². The molecule has 192 valence electrons. The number of thiazole rings is 1. The second-order valence-electron chi connectivity index (χ2n) is 9.15. The lowest BCUT2D eigenvalue weighted by Crippen LogP contribution is -2.36. The van der Waals surface area contributed by atoms with Crippen molar-refractivity contribution in [3.63, 3.8) is 0 Å². The minimum absolute atomic E-state index is 0.173. The van der Waals surface area contributed by atoms with Crippen LogP contribution in [-0.2, 0) is 6.42 Å². The summed E-state index contributed by atoms with van der Waals surface area (Å²) in [5, 5.41) is 3.42. The van der Waals surface area contributed by atoms with Gasteiger partial charge in [-0.3, -0.25) is 0 Å². The molecule has 0 bridgehead atoms. The third-order valence-corrected chi connectivity index (χ3v) is 7.48. The lowest BCUT2D eigenvalue weighted by molar-refractivity contribution is 0.184. The molecular formula is C28H23FN4O4S. The fraction of sp³-hybridized carbons (Fsp3) is 0.214. The van der Waals surface area contributed by atoms with Crippen molar-refractivity contribution in [1.82, 2.24) is 20.3 Å². The van der Waals surface area contributed by atoms with Crippen molar-refractivity contribution in [1.29, 1.82) is 0 Å². The number of aryl methyl sites for hydroxylation is 2. The van der Waals surface area contributed by atoms with E-state index in [0.29, 0.717) is 39.6 Å². The van der Waals surface area contributed by atoms with Gasteiger partial charge in [-0.05, 0) is 43.7 Å². The van der Waals surface area contributed by atoms with E-state index in [1.807, 2.05) is 38.1 Å². The highest BCUT2D eigenvalue weighted by atomic mass is 32.1. The molecule has 1 amide bonds. The van der Waals surface area contributed by atoms with E-state index < -0.39 is 18.0 Å². The number of methoxy groups -OCH3 is 1. The molecule has 1 aliphatic heterocycles. The first kappa shape index (κ1) is 24.1. The van der Waals surface area contributed by atoms with Gasteiger partial charge in [0.1, 0.15) is 16.9 Å². The Hall–Kier alpha value is -4.31. The summed E-state index contributed by atoms with van der Waals surface area (Å²) < 4.78 is 32.3. The van der Waals surface area contributed by atoms with E-state index in [1.54, 1.807) is 25.4 Å². The maximum atomic E-state index is 15.0. The molecular weight excluding hydrogens is 507 g/mol. The van der Waals surface area contributed by atoms with E-state index >= 15 is 4.39 Å². The van der Waals surface area contributed by atoms with Crippen molar-refractivity contribution in [3.8, 4) is 28.0 Å². The lowest BCUT2D eigenvalue weighted by Gasteiger charge is -2.12. The van der Waals surface area contributed by atoms with Gasteiger partial charge in [-0.25, -0.2) is 24.1 Å². The second-order valence-corrected chi connectivity index (χ2v) is 10.2. The summed E-state index contributed by atoms with van der Waals surface area (Å²) in [7, 11) is 1.55. The van der Waals surface area contributed by atoms with Crippen LogP contribution in [0, 0.1) is 19.7 Å². The van der Waals surface area contributed by atoms with Gasteiger partial charge in [-0.15, -0.1) is 11.3 Å². The van der Waals surface area contributed by atoms with E-state index in [-0.39, 0.29) is 12.3 Å². The summed E-state index contributed by atoms with van der Waals surface area (Å²) in [6.45, 7) is 4.10. The Morgan fingerprint density at radius 1 is 1.13 bits per heavy atom. The Morgan fingerprint density at radius 3 is 2.74 bits per heavy atom. The molecule has 0 saturated carbocycles. The Morgan fingerprint density at radius 2 is 1.95 bits per heavy atom. The van der Waals surface area contributed by atoms with Gasteiger partial charge in [0.25, 0.3) is 0 Å². The summed E-state index contributed by atoms with van der Waals surface area (Å²) in [5.41, 5.74) is 5.57. The van der Waals surface area contributed by atoms with Gasteiger partial charge in [0, 0.05) is 23.6 Å². The molecule has 10 heteroatoms. The van der Waals surface area contributed by atoms with Crippen LogP contribution in [0.3, 0.4) is 0 Å². The van der Waals surface area contributed by atoms with Crippen LogP contribution in [0.5, 0.6) is 17.4 Å². The number of carbonyl (C=O) groups excluding carboxylic acids is 1. The predicted molar refractivity (Wildman–Crippen MR) is 143 cm³/mol. The fourth-order valence-electron chi connectivity index (χ4n) is 4.51. The smallest absolute Gasteiger partial charge is 0.412 e. The fourth-order valence-corrected chi connectivity index (χ4v) is 5.62. The zero-order valence-corrected chi connectivity index (χ0v) is 21.7. The number of aromatic nitrogens is 3. The van der Waals surface area contributed by atoms with Crippen LogP contribution in [0.15, 0.2) is 48.7 Å². The van der Waals surface area contributed by atoms with Crippen LogP contribution in [-0.4, -0.2) is 40.8 Å². The standard InChI is InChI=1S/C28H23FN4O4S/c1-14-4-6-16(7-5-14)37-28(34)31-12-17-10-19-25(36-17)20(29)11-22-26(19)38-27(33-22)18-8-15(2)9-21-24(18)30-13-23(32-21)35-3/h4-9,11,13,17H,10,12H2,1-3H3,(H,31,34)/t17-/m0/s1. The van der Waals surface area contributed by atoms with Gasteiger partial charge in [-0.2, -0.15) is 0 Å². The Kier molecular flexibility index (Phi) is 6.03. The number of amides is 1. The summed E-state index contributed by atoms with van der Waals surface area (Å²) >= 11 is 1.46. The molecule has 1 atom stereocenters. The number of fused-ring (bicyclic) bond motifs is 4. The molecule has 3 aromatic carbocycles. The average Bonchev–Trinajstić information content (AvgIpc) is 3.53. The van der Waals surface area contributed by atoms with Crippen LogP contribution in [0.2, 0.25) is 0 Å². The number of rotatable bonds is 5. The highest BCUT2D eigenvalue weighted by molar-refractivity contribution is 7.22. The van der Waals surface area contributed by atoms with E-state index in [0.717, 1.165) is 27.0 Å². The van der Waals surface area contributed by atoms with E-state index in [9.17, 15) is 4.79 Å². The topological polar surface area (TPSA) is 95.5 Å². The van der Waals surface area contributed by atoms with Gasteiger partial charge >= 0.3 is 6.09 Å². The molecule has 1 aliphatic rings. The Bertz CT molecular complexity index is 1700. The number of halogens is 1. The number of nitrogens with zero attached hydrogens (tertiary/aromatic N) is 3. The molecule has 6 rings (SSSR count). The van der Waals surface area contributed by atoms with Crippen LogP contribution < -0.4 is 19.5 Å². The van der Waals surface area contributed by atoms with Crippen molar-refractivity contribution in [2.24, 2.45) is 0 Å². The maximum absolute atomic E-state index is 15.0. The highest BCUT2D eigenvalue weighted by Gasteiger charge is 2.30. The zero-order valence-electron chi connectivity index (χ0n) is 20.9. The molecule has 0 fully saturated rings. The normalized spacial score (nSPS) is 14.4. The number of hydrogen-bond donors (Lipinski definition) is 1. The third kappa shape index (κ3) is 4.47. The number of hydrogen-bond acceptors (Lipinski definition) is 8. The van der Waals surface area contributed by atoms with E-state index in [1.165, 1.54) is 17.4 Å². The largest absolute Gasteiger partial charge is 0.485 e. The molecule has 5 aromatic rings. The van der Waals surface area contributed by atoms with Gasteiger partial charge in [-0.1, -0.05) is 17.7 Å². The lowest BCUT2D eigenvalue weighted by atomic mass is 10.1. The molecule has 0 unspecified atom stereocenters. The summed E-state index contributed by atoms with van der Waals surface area (Å²) in [5.74, 6) is 0.594. The summed E-state index contributed by atoms with van der Waals surface area (Å²) in [6, 6.07) is 12.5. The molecule has 8 nitrogen and oxygen atoms in total. The molecule has 3 heterocycles. The summed E-state index contributed by atoms with van der Waals surface area (Å²) in [4.78, 5) is 26.0. The van der Waals surface area contributed by atoms with Crippen LogP contribution in [0.25, 0.3) is 31.8 Å². The van der Waals surface area contributed by atoms with Crippen LogP contribution in [0.1, 0.15) is 16.7 Å². The maximum Gasteiger partial charge on any atom is 0.412 e. The van der Waals surface area contributed by atoms with Gasteiger partial charge in [0.15, 0.2) is 11.6 Å². The van der Waals surface area contributed by atoms with Crippen molar-refractivity contribution in [3.05, 3.63) is 71.2 Å². The first-order chi connectivity index (χ1) is 18.4. The first-order valence-corrected chi connectivity index (χ1v) is 12.8. The monoisotopic (exact) mass is 530 g/mol. The van der Waals surface area contributed by atoms with Crippen molar-refractivity contribution >= 4 is 38.7 Å². The third-order valence-electron chi connectivity index (χ3n) is 6.31.